The van der Waals surface area contributed by atoms with Crippen LogP contribution in [0.4, 0.5) is 17.1 Å². The molecule has 0 aliphatic carbocycles. The van der Waals surface area contributed by atoms with Crippen molar-refractivity contribution in [3.05, 3.63) is 135 Å². The topological polar surface area (TPSA) is 127 Å². The van der Waals surface area contributed by atoms with E-state index in [1.807, 2.05) is 71.4 Å². The molecule has 0 fully saturated rings. The number of pyridine rings is 2. The molecule has 0 saturated heterocycles. The van der Waals surface area contributed by atoms with Crippen molar-refractivity contribution >= 4 is 73.4 Å². The number of carbonyl (C=O) groups excluding carboxylic acids is 2. The Hall–Kier alpha value is -5.78. The molecule has 218 valence electrons. The minimum Gasteiger partial charge on any atom is -0.322 e. The molecule has 0 saturated carbocycles. The number of nitro benzene ring substituents is 1. The summed E-state index contributed by atoms with van der Waals surface area (Å²) in [4.78, 5) is 50.0. The van der Waals surface area contributed by atoms with Gasteiger partial charge in [0.1, 0.15) is 5.69 Å². The van der Waals surface area contributed by atoms with Gasteiger partial charge in [-0.05, 0) is 59.3 Å². The second-order valence-corrected chi connectivity index (χ2v) is 11.9. The lowest BCUT2D eigenvalue weighted by molar-refractivity contribution is -0.383. The fourth-order valence-corrected chi connectivity index (χ4v) is 6.46. The summed E-state index contributed by atoms with van der Waals surface area (Å²) in [5.41, 5.74) is 3.19. The fourth-order valence-electron chi connectivity index (χ4n) is 5.09. The van der Waals surface area contributed by atoms with E-state index < -0.39 is 16.7 Å². The Balaban J connectivity index is 1.24. The number of aromatic nitrogens is 2. The molecular formula is C34H21N5O4S2. The lowest BCUT2D eigenvalue weighted by Gasteiger charge is -2.13. The number of carbonyl (C=O) groups is 2. The van der Waals surface area contributed by atoms with Crippen molar-refractivity contribution in [1.82, 2.24) is 9.97 Å². The van der Waals surface area contributed by atoms with Crippen LogP contribution in [-0.2, 0) is 0 Å². The van der Waals surface area contributed by atoms with Crippen molar-refractivity contribution in [3.8, 4) is 21.1 Å². The molecule has 0 bridgehead atoms. The number of rotatable bonds is 7. The van der Waals surface area contributed by atoms with E-state index in [-0.39, 0.29) is 17.1 Å². The fraction of sp³-hybridized carbons (Fsp3) is 0. The first-order chi connectivity index (χ1) is 21.9. The lowest BCUT2D eigenvalue weighted by Crippen LogP contribution is -2.16. The SMILES string of the molecule is O=C(Nc1ccc([N+](=O)[O-])c(NC(=O)c2cc(-c3cccs3)nc3ccccc23)c1)c1cc(-c2cccs2)nc2ccccc12. The Bertz CT molecular complexity index is 2250. The quantitative estimate of drug-likeness (QED) is 0.134. The molecule has 0 atom stereocenters. The van der Waals surface area contributed by atoms with Crippen LogP contribution in [0.3, 0.4) is 0 Å². The van der Waals surface area contributed by atoms with Gasteiger partial charge in [0.25, 0.3) is 17.5 Å². The monoisotopic (exact) mass is 627 g/mol. The van der Waals surface area contributed by atoms with Gasteiger partial charge in [0.15, 0.2) is 0 Å². The number of para-hydroxylation sites is 2. The van der Waals surface area contributed by atoms with E-state index in [1.165, 1.54) is 40.9 Å². The molecular weight excluding hydrogens is 607 g/mol. The second kappa shape index (κ2) is 11.7. The number of thiophene rings is 2. The Morgan fingerprint density at radius 3 is 1.69 bits per heavy atom. The van der Waals surface area contributed by atoms with Gasteiger partial charge in [-0.15, -0.1) is 22.7 Å². The summed E-state index contributed by atoms with van der Waals surface area (Å²) < 4.78 is 0. The van der Waals surface area contributed by atoms with Crippen LogP contribution in [0.2, 0.25) is 0 Å². The van der Waals surface area contributed by atoms with Crippen LogP contribution in [0.1, 0.15) is 20.7 Å². The number of fused-ring (bicyclic) bond motifs is 2. The minimum absolute atomic E-state index is 0.0553. The summed E-state index contributed by atoms with van der Waals surface area (Å²) in [6.45, 7) is 0. The maximum atomic E-state index is 13.7. The summed E-state index contributed by atoms with van der Waals surface area (Å²) in [6.07, 6.45) is 0. The average molecular weight is 628 g/mol. The Labute approximate surface area is 264 Å². The molecule has 0 spiro atoms. The third-order valence-corrected chi connectivity index (χ3v) is 8.95. The van der Waals surface area contributed by atoms with Gasteiger partial charge in [-0.3, -0.25) is 19.7 Å². The Kier molecular flexibility index (Phi) is 7.30. The first-order valence-corrected chi connectivity index (χ1v) is 15.5. The highest BCUT2D eigenvalue weighted by molar-refractivity contribution is 7.13. The highest BCUT2D eigenvalue weighted by Crippen LogP contribution is 2.33. The van der Waals surface area contributed by atoms with E-state index in [9.17, 15) is 19.7 Å². The molecule has 0 radical (unpaired) electrons. The van der Waals surface area contributed by atoms with Crippen molar-refractivity contribution in [2.45, 2.75) is 0 Å². The molecule has 2 amide bonds. The molecule has 0 aliphatic heterocycles. The summed E-state index contributed by atoms with van der Waals surface area (Å²) in [6, 6.07) is 29.7. The van der Waals surface area contributed by atoms with E-state index in [0.717, 1.165) is 9.75 Å². The number of amides is 2. The molecule has 4 aromatic heterocycles. The van der Waals surface area contributed by atoms with E-state index in [2.05, 4.69) is 10.6 Å². The third-order valence-electron chi connectivity index (χ3n) is 7.17. The summed E-state index contributed by atoms with van der Waals surface area (Å²) in [7, 11) is 0. The largest absolute Gasteiger partial charge is 0.322 e. The number of nitro groups is 1. The van der Waals surface area contributed by atoms with Gasteiger partial charge < -0.3 is 10.6 Å². The van der Waals surface area contributed by atoms with Crippen molar-refractivity contribution in [1.29, 1.82) is 0 Å². The summed E-state index contributed by atoms with van der Waals surface area (Å²) in [5, 5.41) is 22.7. The molecule has 7 rings (SSSR count). The number of hydrogen-bond acceptors (Lipinski definition) is 8. The minimum atomic E-state index is -0.577. The van der Waals surface area contributed by atoms with Gasteiger partial charge in [-0.1, -0.05) is 48.5 Å². The number of nitrogens with one attached hydrogen (secondary N) is 2. The van der Waals surface area contributed by atoms with Crippen LogP contribution in [0.5, 0.6) is 0 Å². The number of benzene rings is 3. The van der Waals surface area contributed by atoms with Crippen molar-refractivity contribution in [2.75, 3.05) is 10.6 Å². The molecule has 0 unspecified atom stereocenters. The van der Waals surface area contributed by atoms with Gasteiger partial charge in [0.2, 0.25) is 0 Å². The zero-order valence-electron chi connectivity index (χ0n) is 23.3. The van der Waals surface area contributed by atoms with Crippen LogP contribution in [-0.4, -0.2) is 26.7 Å². The van der Waals surface area contributed by atoms with Crippen molar-refractivity contribution in [3.63, 3.8) is 0 Å². The van der Waals surface area contributed by atoms with E-state index in [1.54, 1.807) is 24.3 Å². The predicted molar refractivity (Wildman–Crippen MR) is 179 cm³/mol. The smallest absolute Gasteiger partial charge is 0.292 e. The standard InChI is InChI=1S/C34H21N5O4S2/c40-33(23-18-28(31-11-5-15-44-31)36-25-9-3-1-7-21(23)25)35-20-13-14-30(39(42)43)27(17-20)38-34(41)24-19-29(32-12-6-16-45-32)37-26-10-4-2-8-22(24)26/h1-19H,(H,35,40)(H,38,41). The summed E-state index contributed by atoms with van der Waals surface area (Å²) >= 11 is 3.01. The number of anilines is 2. The maximum Gasteiger partial charge on any atom is 0.292 e. The lowest BCUT2D eigenvalue weighted by atomic mass is 10.1. The highest BCUT2D eigenvalue weighted by atomic mass is 32.1. The van der Waals surface area contributed by atoms with Crippen LogP contribution in [0, 0.1) is 10.1 Å². The van der Waals surface area contributed by atoms with Crippen LogP contribution < -0.4 is 10.6 Å². The predicted octanol–water partition coefficient (Wildman–Crippen LogP) is 8.65. The second-order valence-electron chi connectivity index (χ2n) is 10.00. The first kappa shape index (κ1) is 28.0. The van der Waals surface area contributed by atoms with Crippen LogP contribution in [0.15, 0.2) is 114 Å². The third kappa shape index (κ3) is 5.53. The molecule has 11 heteroatoms. The van der Waals surface area contributed by atoms with Crippen molar-refractivity contribution < 1.29 is 14.5 Å². The molecule has 2 N–H and O–H groups in total. The molecule has 7 aromatic rings. The normalized spacial score (nSPS) is 11.0. The van der Waals surface area contributed by atoms with Gasteiger partial charge in [-0.25, -0.2) is 9.97 Å². The Morgan fingerprint density at radius 2 is 1.18 bits per heavy atom. The molecule has 0 aliphatic rings. The van der Waals surface area contributed by atoms with Gasteiger partial charge in [-0.2, -0.15) is 0 Å². The highest BCUT2D eigenvalue weighted by Gasteiger charge is 2.22. The van der Waals surface area contributed by atoms with Crippen LogP contribution >= 0.6 is 22.7 Å². The van der Waals surface area contributed by atoms with Gasteiger partial charge in [0.05, 0.1) is 48.2 Å². The maximum absolute atomic E-state index is 13.7. The first-order valence-electron chi connectivity index (χ1n) is 13.7. The molecule has 3 aromatic carbocycles. The van der Waals surface area contributed by atoms with Gasteiger partial charge >= 0.3 is 0 Å². The number of nitrogens with zero attached hydrogens (tertiary/aromatic N) is 3. The average Bonchev–Trinajstić information content (AvgIpc) is 3.79. The van der Waals surface area contributed by atoms with Crippen molar-refractivity contribution in [2.24, 2.45) is 0 Å². The molecule has 9 nitrogen and oxygen atoms in total. The molecule has 45 heavy (non-hydrogen) atoms. The molecule has 4 heterocycles. The van der Waals surface area contributed by atoms with Gasteiger partial charge in [0, 0.05) is 22.5 Å². The number of hydrogen-bond donors (Lipinski definition) is 2. The Morgan fingerprint density at radius 1 is 0.644 bits per heavy atom. The van der Waals surface area contributed by atoms with E-state index >= 15 is 0 Å². The van der Waals surface area contributed by atoms with E-state index in [0.29, 0.717) is 44.3 Å². The summed E-state index contributed by atoms with van der Waals surface area (Å²) in [5.74, 6) is -0.961. The zero-order chi connectivity index (χ0) is 30.9. The van der Waals surface area contributed by atoms with E-state index in [4.69, 9.17) is 9.97 Å². The zero-order valence-corrected chi connectivity index (χ0v) is 24.9. The van der Waals surface area contributed by atoms with Crippen LogP contribution in [0.25, 0.3) is 42.9 Å².